The number of carbonyl (C=O) groups excluding carboxylic acids is 1. The van der Waals surface area contributed by atoms with Crippen molar-refractivity contribution in [2.24, 2.45) is 0 Å². The second kappa shape index (κ2) is 10.3. The standard InChI is InChI=1S/C23H29FN2O2/c1-2-22(19-8-10-20(24)11-9-19)23(27)25-17-21(26-12-14-28-15-13-26)16-18-6-4-3-5-7-18/h3-11,21-22H,2,12-17H2,1H3,(H,25,27). The average molecular weight is 384 g/mol. The Bertz CT molecular complexity index is 730. The molecule has 5 heteroatoms. The molecule has 150 valence electrons. The van der Waals surface area contributed by atoms with Gasteiger partial charge in [-0.15, -0.1) is 0 Å². The fourth-order valence-corrected chi connectivity index (χ4v) is 3.77. The summed E-state index contributed by atoms with van der Waals surface area (Å²) in [6, 6.07) is 16.8. The number of benzene rings is 2. The number of nitrogens with one attached hydrogen (secondary N) is 1. The molecule has 4 nitrogen and oxygen atoms in total. The molecule has 0 saturated carbocycles. The molecule has 0 bridgehead atoms. The Hall–Kier alpha value is -2.24. The minimum Gasteiger partial charge on any atom is -0.379 e. The van der Waals surface area contributed by atoms with E-state index in [0.717, 1.165) is 38.3 Å². The number of carbonyl (C=O) groups is 1. The van der Waals surface area contributed by atoms with Gasteiger partial charge in [0.15, 0.2) is 0 Å². The van der Waals surface area contributed by atoms with Crippen molar-refractivity contribution >= 4 is 5.91 Å². The molecule has 3 rings (SSSR count). The number of nitrogens with zero attached hydrogens (tertiary/aromatic N) is 1. The number of halogens is 1. The van der Waals surface area contributed by atoms with Crippen molar-refractivity contribution in [1.82, 2.24) is 10.2 Å². The zero-order chi connectivity index (χ0) is 19.8. The molecule has 1 amide bonds. The van der Waals surface area contributed by atoms with Crippen molar-refractivity contribution in [2.45, 2.75) is 31.7 Å². The first kappa shape index (κ1) is 20.5. The number of morpholine rings is 1. The molecular formula is C23H29FN2O2. The maximum absolute atomic E-state index is 13.2. The van der Waals surface area contributed by atoms with Crippen LogP contribution >= 0.6 is 0 Å². The monoisotopic (exact) mass is 384 g/mol. The lowest BCUT2D eigenvalue weighted by molar-refractivity contribution is -0.123. The first-order valence-electron chi connectivity index (χ1n) is 10.1. The normalized spacial score (nSPS) is 17.1. The zero-order valence-electron chi connectivity index (χ0n) is 16.4. The lowest BCUT2D eigenvalue weighted by Gasteiger charge is -2.35. The fourth-order valence-electron chi connectivity index (χ4n) is 3.77. The molecule has 1 N–H and O–H groups in total. The molecule has 0 aromatic heterocycles. The van der Waals surface area contributed by atoms with Gasteiger partial charge in [-0.1, -0.05) is 49.4 Å². The summed E-state index contributed by atoms with van der Waals surface area (Å²) in [5.41, 5.74) is 2.12. The van der Waals surface area contributed by atoms with E-state index in [9.17, 15) is 9.18 Å². The molecule has 0 aliphatic carbocycles. The minimum absolute atomic E-state index is 0.000397. The van der Waals surface area contributed by atoms with Crippen LogP contribution in [0.3, 0.4) is 0 Å². The SMILES string of the molecule is CCC(C(=O)NCC(Cc1ccccc1)N1CCOCC1)c1ccc(F)cc1. The molecule has 0 spiro atoms. The lowest BCUT2D eigenvalue weighted by Crippen LogP contribution is -2.50. The van der Waals surface area contributed by atoms with Crippen LogP contribution in [0.5, 0.6) is 0 Å². The summed E-state index contributed by atoms with van der Waals surface area (Å²) in [6.45, 7) is 5.78. The van der Waals surface area contributed by atoms with E-state index >= 15 is 0 Å². The maximum Gasteiger partial charge on any atom is 0.227 e. The molecule has 28 heavy (non-hydrogen) atoms. The first-order chi connectivity index (χ1) is 13.7. The molecular weight excluding hydrogens is 355 g/mol. The predicted molar refractivity (Wildman–Crippen MR) is 109 cm³/mol. The van der Waals surface area contributed by atoms with E-state index in [1.54, 1.807) is 12.1 Å². The molecule has 1 aliphatic heterocycles. The smallest absolute Gasteiger partial charge is 0.227 e. The second-order valence-electron chi connectivity index (χ2n) is 7.25. The third-order valence-corrected chi connectivity index (χ3v) is 5.39. The van der Waals surface area contributed by atoms with Crippen LogP contribution < -0.4 is 5.32 Å². The summed E-state index contributed by atoms with van der Waals surface area (Å²) in [4.78, 5) is 15.2. The minimum atomic E-state index is -0.283. The van der Waals surface area contributed by atoms with Crippen molar-refractivity contribution in [1.29, 1.82) is 0 Å². The van der Waals surface area contributed by atoms with Crippen LogP contribution in [0.4, 0.5) is 4.39 Å². The predicted octanol–water partition coefficient (Wildman–Crippen LogP) is 3.38. The maximum atomic E-state index is 13.2. The first-order valence-corrected chi connectivity index (χ1v) is 10.1. The summed E-state index contributed by atoms with van der Waals surface area (Å²) in [7, 11) is 0. The molecule has 2 unspecified atom stereocenters. The molecule has 2 atom stereocenters. The summed E-state index contributed by atoms with van der Waals surface area (Å²) in [6.07, 6.45) is 1.56. The van der Waals surface area contributed by atoms with Crippen molar-refractivity contribution < 1.29 is 13.9 Å². The summed E-state index contributed by atoms with van der Waals surface area (Å²) in [5.74, 6) is -0.544. The molecule has 2 aromatic carbocycles. The summed E-state index contributed by atoms with van der Waals surface area (Å²) < 4.78 is 18.7. The Labute approximate surface area is 166 Å². The van der Waals surface area contributed by atoms with Gasteiger partial charge in [0.2, 0.25) is 5.91 Å². The molecule has 1 heterocycles. The van der Waals surface area contributed by atoms with E-state index in [1.165, 1.54) is 17.7 Å². The van der Waals surface area contributed by atoms with Gasteiger partial charge in [0, 0.05) is 25.7 Å². The van der Waals surface area contributed by atoms with Gasteiger partial charge >= 0.3 is 0 Å². The average Bonchev–Trinajstić information content (AvgIpc) is 2.74. The number of hydrogen-bond donors (Lipinski definition) is 1. The quantitative estimate of drug-likeness (QED) is 0.759. The second-order valence-corrected chi connectivity index (χ2v) is 7.25. The third-order valence-electron chi connectivity index (χ3n) is 5.39. The number of ether oxygens (including phenoxy) is 1. The highest BCUT2D eigenvalue weighted by Gasteiger charge is 2.24. The van der Waals surface area contributed by atoms with Crippen molar-refractivity contribution in [3.8, 4) is 0 Å². The Balaban J connectivity index is 1.65. The Morgan fingerprint density at radius 2 is 1.79 bits per heavy atom. The Morgan fingerprint density at radius 1 is 1.11 bits per heavy atom. The zero-order valence-corrected chi connectivity index (χ0v) is 16.4. The van der Waals surface area contributed by atoms with E-state index in [4.69, 9.17) is 4.74 Å². The summed E-state index contributed by atoms with van der Waals surface area (Å²) >= 11 is 0. The van der Waals surface area contributed by atoms with Crippen LogP contribution in [-0.2, 0) is 16.0 Å². The number of rotatable bonds is 8. The molecule has 1 fully saturated rings. The highest BCUT2D eigenvalue weighted by Crippen LogP contribution is 2.20. The topological polar surface area (TPSA) is 41.6 Å². The van der Waals surface area contributed by atoms with Crippen LogP contribution in [0, 0.1) is 5.82 Å². The highest BCUT2D eigenvalue weighted by molar-refractivity contribution is 5.83. The lowest BCUT2D eigenvalue weighted by atomic mass is 9.95. The van der Waals surface area contributed by atoms with Crippen molar-refractivity contribution in [3.05, 3.63) is 71.5 Å². The molecule has 1 saturated heterocycles. The molecule has 0 radical (unpaired) electrons. The van der Waals surface area contributed by atoms with Gasteiger partial charge in [-0.2, -0.15) is 0 Å². The van der Waals surface area contributed by atoms with Gasteiger partial charge in [0.1, 0.15) is 5.82 Å². The fraction of sp³-hybridized carbons (Fsp3) is 0.435. The van der Waals surface area contributed by atoms with Gasteiger partial charge in [-0.25, -0.2) is 4.39 Å². The largest absolute Gasteiger partial charge is 0.379 e. The third kappa shape index (κ3) is 5.63. The van der Waals surface area contributed by atoms with Crippen LogP contribution in [0.1, 0.15) is 30.4 Å². The van der Waals surface area contributed by atoms with Gasteiger partial charge in [-0.05, 0) is 36.1 Å². The van der Waals surface area contributed by atoms with Crippen LogP contribution in [0.25, 0.3) is 0 Å². The van der Waals surface area contributed by atoms with E-state index in [-0.39, 0.29) is 23.7 Å². The van der Waals surface area contributed by atoms with Crippen LogP contribution in [0.15, 0.2) is 54.6 Å². The van der Waals surface area contributed by atoms with Gasteiger partial charge in [0.05, 0.1) is 19.1 Å². The van der Waals surface area contributed by atoms with Crippen molar-refractivity contribution in [2.75, 3.05) is 32.8 Å². The molecule has 1 aliphatic rings. The Morgan fingerprint density at radius 3 is 2.43 bits per heavy atom. The van der Waals surface area contributed by atoms with E-state index < -0.39 is 0 Å². The Kier molecular flexibility index (Phi) is 7.57. The van der Waals surface area contributed by atoms with Crippen molar-refractivity contribution in [3.63, 3.8) is 0 Å². The van der Waals surface area contributed by atoms with Gasteiger partial charge in [0.25, 0.3) is 0 Å². The number of hydrogen-bond acceptors (Lipinski definition) is 3. The molecule has 2 aromatic rings. The van der Waals surface area contributed by atoms with E-state index in [0.29, 0.717) is 13.0 Å². The van der Waals surface area contributed by atoms with Crippen LogP contribution in [-0.4, -0.2) is 49.7 Å². The van der Waals surface area contributed by atoms with Gasteiger partial charge < -0.3 is 10.1 Å². The number of amides is 1. The summed E-state index contributed by atoms with van der Waals surface area (Å²) in [5, 5.41) is 3.15. The highest BCUT2D eigenvalue weighted by atomic mass is 19.1. The van der Waals surface area contributed by atoms with Gasteiger partial charge in [-0.3, -0.25) is 9.69 Å². The van der Waals surface area contributed by atoms with Crippen LogP contribution in [0.2, 0.25) is 0 Å². The van der Waals surface area contributed by atoms with E-state index in [2.05, 4.69) is 22.3 Å². The van der Waals surface area contributed by atoms with E-state index in [1.807, 2.05) is 25.1 Å².